The number of halogens is 1. The predicted molar refractivity (Wildman–Crippen MR) is 112 cm³/mol. The van der Waals surface area contributed by atoms with Crippen LogP contribution in [0.1, 0.15) is 35.2 Å². The number of anilines is 1. The van der Waals surface area contributed by atoms with Gasteiger partial charge >= 0.3 is 0 Å². The summed E-state index contributed by atoms with van der Waals surface area (Å²) < 4.78 is 26.0. The fourth-order valence-corrected chi connectivity index (χ4v) is 4.82. The molecule has 0 bridgehead atoms. The van der Waals surface area contributed by atoms with Gasteiger partial charge in [0.1, 0.15) is 6.04 Å². The Bertz CT molecular complexity index is 993. The SMILES string of the molecule is CS(=O)(=O)N1CCCCC1C(=O)Nc1ccc(Br)cc1C(=O)c1ccccc1. The predicted octanol–water partition coefficient (Wildman–Crippen LogP) is 3.43. The Hall–Kier alpha value is -2.03. The van der Waals surface area contributed by atoms with Crippen molar-refractivity contribution in [3.8, 4) is 0 Å². The normalized spacial score (nSPS) is 17.9. The zero-order valence-corrected chi connectivity index (χ0v) is 17.8. The summed E-state index contributed by atoms with van der Waals surface area (Å²) in [6.07, 6.45) is 3.08. The first kappa shape index (κ1) is 20.7. The Morgan fingerprint density at radius 2 is 1.82 bits per heavy atom. The van der Waals surface area contributed by atoms with Gasteiger partial charge in [0.2, 0.25) is 15.9 Å². The first-order valence-corrected chi connectivity index (χ1v) is 11.6. The maximum Gasteiger partial charge on any atom is 0.242 e. The summed E-state index contributed by atoms with van der Waals surface area (Å²) in [4.78, 5) is 25.8. The molecule has 1 amide bonds. The Labute approximate surface area is 173 Å². The van der Waals surface area contributed by atoms with E-state index in [2.05, 4.69) is 21.2 Å². The number of hydrogen-bond acceptors (Lipinski definition) is 4. The Balaban J connectivity index is 1.90. The summed E-state index contributed by atoms with van der Waals surface area (Å²) in [5, 5.41) is 2.77. The van der Waals surface area contributed by atoms with E-state index in [1.807, 2.05) is 6.07 Å². The zero-order valence-electron chi connectivity index (χ0n) is 15.4. The number of sulfonamides is 1. The fourth-order valence-electron chi connectivity index (χ4n) is 3.34. The van der Waals surface area contributed by atoms with Gasteiger partial charge in [-0.15, -0.1) is 0 Å². The number of hydrogen-bond donors (Lipinski definition) is 1. The van der Waals surface area contributed by atoms with Gasteiger partial charge in [-0.1, -0.05) is 52.7 Å². The van der Waals surface area contributed by atoms with E-state index in [-0.39, 0.29) is 5.78 Å². The summed E-state index contributed by atoms with van der Waals surface area (Å²) in [5.74, 6) is -0.643. The molecule has 0 aromatic heterocycles. The number of piperidine rings is 1. The smallest absolute Gasteiger partial charge is 0.242 e. The second-order valence-corrected chi connectivity index (χ2v) is 9.61. The van der Waals surface area contributed by atoms with Crippen LogP contribution in [-0.2, 0) is 14.8 Å². The maximum atomic E-state index is 12.9. The molecule has 28 heavy (non-hydrogen) atoms. The molecule has 2 aromatic rings. The van der Waals surface area contributed by atoms with Crippen LogP contribution in [-0.4, -0.2) is 43.3 Å². The van der Waals surface area contributed by atoms with Crippen molar-refractivity contribution in [2.45, 2.75) is 25.3 Å². The second kappa shape index (κ2) is 8.55. The van der Waals surface area contributed by atoms with Crippen LogP contribution in [0.15, 0.2) is 53.0 Å². The molecule has 1 aliphatic rings. The third kappa shape index (κ3) is 4.68. The van der Waals surface area contributed by atoms with Gasteiger partial charge in [0.25, 0.3) is 0 Å². The molecule has 1 N–H and O–H groups in total. The number of benzene rings is 2. The van der Waals surface area contributed by atoms with Gasteiger partial charge in [-0.25, -0.2) is 8.42 Å². The van der Waals surface area contributed by atoms with E-state index in [0.717, 1.165) is 19.1 Å². The van der Waals surface area contributed by atoms with Crippen molar-refractivity contribution < 1.29 is 18.0 Å². The largest absolute Gasteiger partial charge is 0.324 e. The number of carbonyl (C=O) groups is 2. The van der Waals surface area contributed by atoms with Crippen molar-refractivity contribution in [3.05, 3.63) is 64.1 Å². The van der Waals surface area contributed by atoms with Gasteiger partial charge in [-0.3, -0.25) is 9.59 Å². The van der Waals surface area contributed by atoms with Crippen molar-refractivity contribution in [2.24, 2.45) is 0 Å². The zero-order chi connectivity index (χ0) is 20.3. The number of ketones is 1. The van der Waals surface area contributed by atoms with Crippen LogP contribution in [0.5, 0.6) is 0 Å². The van der Waals surface area contributed by atoms with Crippen LogP contribution >= 0.6 is 15.9 Å². The highest BCUT2D eigenvalue weighted by Crippen LogP contribution is 2.26. The van der Waals surface area contributed by atoms with E-state index in [4.69, 9.17) is 0 Å². The summed E-state index contributed by atoms with van der Waals surface area (Å²) >= 11 is 3.36. The van der Waals surface area contributed by atoms with Gasteiger partial charge in [0.05, 0.1) is 11.9 Å². The average Bonchev–Trinajstić information content (AvgIpc) is 2.68. The van der Waals surface area contributed by atoms with Gasteiger partial charge in [0.15, 0.2) is 5.78 Å². The number of carbonyl (C=O) groups excluding carboxylic acids is 2. The van der Waals surface area contributed by atoms with E-state index in [1.165, 1.54) is 4.31 Å². The molecule has 1 heterocycles. The quantitative estimate of drug-likeness (QED) is 0.686. The minimum absolute atomic E-state index is 0.221. The highest BCUT2D eigenvalue weighted by molar-refractivity contribution is 9.10. The fraction of sp³-hybridized carbons (Fsp3) is 0.300. The molecule has 6 nitrogen and oxygen atoms in total. The Morgan fingerprint density at radius 3 is 2.50 bits per heavy atom. The number of nitrogens with zero attached hydrogens (tertiary/aromatic N) is 1. The van der Waals surface area contributed by atoms with Crippen molar-refractivity contribution in [2.75, 3.05) is 18.1 Å². The van der Waals surface area contributed by atoms with Crippen molar-refractivity contribution in [1.29, 1.82) is 0 Å². The van der Waals surface area contributed by atoms with Gasteiger partial charge in [0, 0.05) is 22.1 Å². The van der Waals surface area contributed by atoms with Crippen molar-refractivity contribution in [1.82, 2.24) is 4.31 Å². The molecule has 1 aliphatic heterocycles. The molecular weight excluding hydrogens is 444 g/mol. The number of amides is 1. The lowest BCUT2D eigenvalue weighted by molar-refractivity contribution is -0.120. The van der Waals surface area contributed by atoms with Gasteiger partial charge in [-0.05, 0) is 31.0 Å². The minimum atomic E-state index is -3.49. The van der Waals surface area contributed by atoms with Crippen LogP contribution in [0.3, 0.4) is 0 Å². The van der Waals surface area contributed by atoms with Crippen molar-refractivity contribution in [3.63, 3.8) is 0 Å². The molecule has 0 aliphatic carbocycles. The molecule has 3 rings (SSSR count). The van der Waals surface area contributed by atoms with Crippen LogP contribution in [0.2, 0.25) is 0 Å². The molecule has 0 spiro atoms. The molecular formula is C20H21BrN2O4S. The van der Waals surface area contributed by atoms with E-state index in [1.54, 1.807) is 42.5 Å². The lowest BCUT2D eigenvalue weighted by atomic mass is 10.0. The molecule has 0 radical (unpaired) electrons. The average molecular weight is 465 g/mol. The van der Waals surface area contributed by atoms with E-state index < -0.39 is 22.0 Å². The third-order valence-electron chi connectivity index (χ3n) is 4.70. The van der Waals surface area contributed by atoms with Gasteiger partial charge in [-0.2, -0.15) is 4.31 Å². The Morgan fingerprint density at radius 1 is 1.11 bits per heavy atom. The van der Waals surface area contributed by atoms with E-state index in [9.17, 15) is 18.0 Å². The minimum Gasteiger partial charge on any atom is -0.324 e. The molecule has 0 saturated carbocycles. The number of rotatable bonds is 5. The lowest BCUT2D eigenvalue weighted by Crippen LogP contribution is -2.49. The summed E-state index contributed by atoms with van der Waals surface area (Å²) in [6.45, 7) is 0.326. The van der Waals surface area contributed by atoms with Crippen LogP contribution in [0, 0.1) is 0 Å². The lowest BCUT2D eigenvalue weighted by Gasteiger charge is -2.32. The van der Waals surface area contributed by atoms with E-state index in [0.29, 0.717) is 34.3 Å². The summed E-state index contributed by atoms with van der Waals surface area (Å²) in [6, 6.07) is 13.0. The summed E-state index contributed by atoms with van der Waals surface area (Å²) in [5.41, 5.74) is 1.21. The molecule has 1 atom stereocenters. The first-order valence-electron chi connectivity index (χ1n) is 8.94. The van der Waals surface area contributed by atoms with Crippen LogP contribution < -0.4 is 5.32 Å². The number of nitrogens with one attached hydrogen (secondary N) is 1. The topological polar surface area (TPSA) is 83.6 Å². The summed E-state index contributed by atoms with van der Waals surface area (Å²) in [7, 11) is -3.49. The van der Waals surface area contributed by atoms with Gasteiger partial charge < -0.3 is 5.32 Å². The molecule has 1 fully saturated rings. The Kier molecular flexibility index (Phi) is 6.32. The highest BCUT2D eigenvalue weighted by atomic mass is 79.9. The van der Waals surface area contributed by atoms with Crippen molar-refractivity contribution >= 4 is 43.3 Å². The van der Waals surface area contributed by atoms with Crippen LogP contribution in [0.25, 0.3) is 0 Å². The maximum absolute atomic E-state index is 12.9. The second-order valence-electron chi connectivity index (χ2n) is 6.76. The first-order chi connectivity index (χ1) is 13.3. The molecule has 1 saturated heterocycles. The molecule has 148 valence electrons. The molecule has 1 unspecified atom stereocenters. The standard InChI is InChI=1S/C20H21BrN2O4S/c1-28(26,27)23-12-6-5-9-18(23)20(25)22-17-11-10-15(21)13-16(17)19(24)14-7-3-2-4-8-14/h2-4,7-8,10-11,13,18H,5-6,9,12H2,1H3,(H,22,25). The third-order valence-corrected chi connectivity index (χ3v) is 6.48. The highest BCUT2D eigenvalue weighted by Gasteiger charge is 2.34. The molecule has 8 heteroatoms. The monoisotopic (exact) mass is 464 g/mol. The van der Waals surface area contributed by atoms with Crippen LogP contribution in [0.4, 0.5) is 5.69 Å². The van der Waals surface area contributed by atoms with E-state index >= 15 is 0 Å². The molecule has 2 aromatic carbocycles.